The minimum atomic E-state index is -0.441. The molecule has 3 heterocycles. The van der Waals surface area contributed by atoms with Crippen molar-refractivity contribution in [3.05, 3.63) is 18.4 Å². The van der Waals surface area contributed by atoms with Gasteiger partial charge in [-0.05, 0) is 25.0 Å². The van der Waals surface area contributed by atoms with Gasteiger partial charge in [0.05, 0.1) is 11.5 Å². The Bertz CT molecular complexity index is 756. The van der Waals surface area contributed by atoms with Gasteiger partial charge in [-0.25, -0.2) is 4.79 Å². The molecule has 3 amide bonds. The summed E-state index contributed by atoms with van der Waals surface area (Å²) in [5, 5.41) is 11.3. The van der Waals surface area contributed by atoms with Gasteiger partial charge in [-0.3, -0.25) is 14.3 Å². The van der Waals surface area contributed by atoms with Gasteiger partial charge >= 0.3 is 6.03 Å². The normalized spacial score (nSPS) is 15.7. The summed E-state index contributed by atoms with van der Waals surface area (Å²) in [7, 11) is 0. The lowest BCUT2D eigenvalue weighted by Crippen LogP contribution is -2.39. The number of furan rings is 1. The molecule has 0 saturated carbocycles. The van der Waals surface area contributed by atoms with Crippen LogP contribution in [0.25, 0.3) is 11.6 Å². The van der Waals surface area contributed by atoms with Gasteiger partial charge in [0.25, 0.3) is 0 Å². The van der Waals surface area contributed by atoms with E-state index in [0.29, 0.717) is 42.3 Å². The molecule has 0 spiro atoms. The van der Waals surface area contributed by atoms with E-state index in [0.717, 1.165) is 0 Å². The van der Waals surface area contributed by atoms with Crippen molar-refractivity contribution in [2.24, 2.45) is 5.92 Å². The van der Waals surface area contributed by atoms with Crippen LogP contribution in [0.1, 0.15) is 20.8 Å². The van der Waals surface area contributed by atoms with E-state index in [1.165, 1.54) is 16.7 Å². The monoisotopic (exact) mass is 363 g/mol. The molecule has 1 aliphatic rings. The lowest BCUT2D eigenvalue weighted by molar-refractivity contribution is -0.126. The summed E-state index contributed by atoms with van der Waals surface area (Å²) >= 11 is 1.30. The quantitative estimate of drug-likeness (QED) is 0.791. The van der Waals surface area contributed by atoms with E-state index in [9.17, 15) is 9.59 Å². The molecule has 1 atom stereocenters. The number of carbonyl (C=O) groups excluding carboxylic acids is 2. The first-order chi connectivity index (χ1) is 12.0. The number of thioether (sulfide) groups is 1. The van der Waals surface area contributed by atoms with E-state index in [4.69, 9.17) is 4.42 Å². The molecule has 1 aliphatic heterocycles. The molecule has 1 N–H and O–H groups in total. The molecule has 1 unspecified atom stereocenters. The fourth-order valence-corrected chi connectivity index (χ4v) is 3.52. The maximum absolute atomic E-state index is 12.5. The zero-order valence-electron chi connectivity index (χ0n) is 14.4. The number of rotatable bonds is 6. The highest BCUT2D eigenvalue weighted by Crippen LogP contribution is 2.28. The van der Waals surface area contributed by atoms with Gasteiger partial charge in [0.15, 0.2) is 16.7 Å². The summed E-state index contributed by atoms with van der Waals surface area (Å²) < 4.78 is 7.40. The van der Waals surface area contributed by atoms with E-state index in [2.05, 4.69) is 29.4 Å². The zero-order valence-corrected chi connectivity index (χ0v) is 15.2. The zero-order chi connectivity index (χ0) is 18.0. The fourth-order valence-electron chi connectivity index (χ4n) is 2.60. The Morgan fingerprint density at radius 3 is 2.80 bits per heavy atom. The number of aromatic nitrogens is 3. The Morgan fingerprint density at radius 1 is 1.40 bits per heavy atom. The van der Waals surface area contributed by atoms with E-state index in [1.807, 2.05) is 10.6 Å². The van der Waals surface area contributed by atoms with Crippen molar-refractivity contribution in [2.75, 3.05) is 13.1 Å². The van der Waals surface area contributed by atoms with Gasteiger partial charge in [0.2, 0.25) is 5.91 Å². The first-order valence-corrected chi connectivity index (χ1v) is 9.08. The number of amides is 3. The lowest BCUT2D eigenvalue weighted by atomic mass is 10.2. The SMILES string of the molecule is CC(C)Cn1c(SC(C)C(=O)N2CCNC2=O)nnc1-c1ccco1. The van der Waals surface area contributed by atoms with Crippen LogP contribution >= 0.6 is 11.8 Å². The summed E-state index contributed by atoms with van der Waals surface area (Å²) in [6, 6.07) is 3.30. The van der Waals surface area contributed by atoms with Crippen molar-refractivity contribution < 1.29 is 14.0 Å². The largest absolute Gasteiger partial charge is 0.461 e. The third-order valence-electron chi connectivity index (χ3n) is 3.76. The standard InChI is InChI=1S/C16H21N5O3S/c1-10(2)9-21-13(12-5-4-8-24-12)18-19-16(21)25-11(3)14(22)20-7-6-17-15(20)23/h4-5,8,10-11H,6-7,9H2,1-3H3,(H,17,23). The van der Waals surface area contributed by atoms with Gasteiger partial charge < -0.3 is 9.73 Å². The van der Waals surface area contributed by atoms with Crippen LogP contribution in [0.2, 0.25) is 0 Å². The molecule has 2 aromatic rings. The van der Waals surface area contributed by atoms with Crippen molar-refractivity contribution in [1.29, 1.82) is 0 Å². The number of imide groups is 1. The van der Waals surface area contributed by atoms with Crippen LogP contribution in [-0.4, -0.2) is 49.9 Å². The molecule has 3 rings (SSSR count). The smallest absolute Gasteiger partial charge is 0.324 e. The Hall–Kier alpha value is -2.29. The number of hydrogen-bond donors (Lipinski definition) is 1. The number of nitrogens with zero attached hydrogens (tertiary/aromatic N) is 4. The topological polar surface area (TPSA) is 93.3 Å². The number of nitrogens with one attached hydrogen (secondary N) is 1. The summed E-state index contributed by atoms with van der Waals surface area (Å²) in [5.74, 6) is 1.43. The first-order valence-electron chi connectivity index (χ1n) is 8.20. The molecule has 0 bridgehead atoms. The van der Waals surface area contributed by atoms with Crippen LogP contribution in [0.15, 0.2) is 28.0 Å². The van der Waals surface area contributed by atoms with Crippen LogP contribution in [-0.2, 0) is 11.3 Å². The van der Waals surface area contributed by atoms with E-state index < -0.39 is 5.25 Å². The molecule has 1 saturated heterocycles. The molecular weight excluding hydrogens is 342 g/mol. The van der Waals surface area contributed by atoms with Crippen LogP contribution in [0.4, 0.5) is 4.79 Å². The molecule has 25 heavy (non-hydrogen) atoms. The summed E-state index contributed by atoms with van der Waals surface area (Å²) in [6.07, 6.45) is 1.59. The minimum absolute atomic E-state index is 0.223. The average molecular weight is 363 g/mol. The Morgan fingerprint density at radius 2 is 2.20 bits per heavy atom. The number of carbonyl (C=O) groups is 2. The van der Waals surface area contributed by atoms with Crippen molar-refractivity contribution in [3.63, 3.8) is 0 Å². The van der Waals surface area contributed by atoms with Crippen LogP contribution in [0.3, 0.4) is 0 Å². The van der Waals surface area contributed by atoms with Gasteiger partial charge in [0, 0.05) is 19.6 Å². The molecule has 0 radical (unpaired) electrons. The van der Waals surface area contributed by atoms with Crippen molar-refractivity contribution in [3.8, 4) is 11.6 Å². The van der Waals surface area contributed by atoms with Crippen LogP contribution < -0.4 is 5.32 Å². The maximum Gasteiger partial charge on any atom is 0.324 e. The second-order valence-corrected chi connectivity index (χ2v) is 7.58. The third kappa shape index (κ3) is 3.71. The maximum atomic E-state index is 12.5. The van der Waals surface area contributed by atoms with Gasteiger partial charge in [-0.15, -0.1) is 10.2 Å². The molecule has 2 aromatic heterocycles. The average Bonchev–Trinajstić information content (AvgIpc) is 3.28. The lowest BCUT2D eigenvalue weighted by Gasteiger charge is -2.18. The fraction of sp³-hybridized carbons (Fsp3) is 0.500. The Labute approximate surface area is 150 Å². The van der Waals surface area contributed by atoms with Crippen molar-refractivity contribution in [2.45, 2.75) is 37.7 Å². The Balaban J connectivity index is 1.81. The highest BCUT2D eigenvalue weighted by Gasteiger charge is 2.31. The third-order valence-corrected chi connectivity index (χ3v) is 4.83. The minimum Gasteiger partial charge on any atom is -0.461 e. The molecule has 9 heteroatoms. The van der Waals surface area contributed by atoms with Crippen molar-refractivity contribution >= 4 is 23.7 Å². The molecule has 0 aliphatic carbocycles. The van der Waals surface area contributed by atoms with Crippen molar-refractivity contribution in [1.82, 2.24) is 25.0 Å². The molecule has 1 fully saturated rings. The van der Waals surface area contributed by atoms with Gasteiger partial charge in [-0.2, -0.15) is 0 Å². The van der Waals surface area contributed by atoms with E-state index in [1.54, 1.807) is 19.3 Å². The molecular formula is C16H21N5O3S. The second-order valence-electron chi connectivity index (χ2n) is 6.27. The second kappa shape index (κ2) is 7.30. The van der Waals surface area contributed by atoms with E-state index >= 15 is 0 Å². The van der Waals surface area contributed by atoms with Gasteiger partial charge in [0.1, 0.15) is 0 Å². The Kier molecular flexibility index (Phi) is 5.12. The molecule has 134 valence electrons. The predicted octanol–water partition coefficient (Wildman–Crippen LogP) is 2.23. The van der Waals surface area contributed by atoms with Gasteiger partial charge in [-0.1, -0.05) is 25.6 Å². The highest BCUT2D eigenvalue weighted by atomic mass is 32.2. The summed E-state index contributed by atoms with van der Waals surface area (Å²) in [4.78, 5) is 25.4. The molecule has 0 aromatic carbocycles. The van der Waals surface area contributed by atoms with Crippen LogP contribution in [0, 0.1) is 5.92 Å². The van der Waals surface area contributed by atoms with E-state index in [-0.39, 0.29) is 11.9 Å². The first kappa shape index (κ1) is 17.5. The number of urea groups is 1. The number of hydrogen-bond acceptors (Lipinski definition) is 6. The highest BCUT2D eigenvalue weighted by molar-refractivity contribution is 8.00. The predicted molar refractivity (Wildman–Crippen MR) is 93.0 cm³/mol. The summed E-state index contributed by atoms with van der Waals surface area (Å²) in [6.45, 7) is 7.58. The molecule has 8 nitrogen and oxygen atoms in total. The summed E-state index contributed by atoms with van der Waals surface area (Å²) in [5.41, 5.74) is 0. The van der Waals surface area contributed by atoms with Crippen LogP contribution in [0.5, 0.6) is 0 Å².